The van der Waals surface area contributed by atoms with Crippen LogP contribution in [-0.4, -0.2) is 33.9 Å². The van der Waals surface area contributed by atoms with Crippen molar-refractivity contribution in [3.8, 4) is 11.1 Å². The Hall–Kier alpha value is -2.67. The van der Waals surface area contributed by atoms with Crippen molar-refractivity contribution in [1.29, 1.82) is 0 Å². The molecule has 1 aromatic carbocycles. The van der Waals surface area contributed by atoms with Crippen LogP contribution >= 0.6 is 0 Å². The lowest BCUT2D eigenvalue weighted by Crippen LogP contribution is -2.42. The fraction of sp³-hybridized carbons (Fsp3) is 0.353. The molecule has 0 unspecified atom stereocenters. The smallest absolute Gasteiger partial charge is 0.331 e. The van der Waals surface area contributed by atoms with Crippen LogP contribution in [0.2, 0.25) is 0 Å². The Bertz CT molecular complexity index is 880. The molecule has 1 heterocycles. The van der Waals surface area contributed by atoms with E-state index >= 15 is 0 Å². The zero-order valence-electron chi connectivity index (χ0n) is 13.9. The molecule has 0 aliphatic rings. The largest absolute Gasteiger partial charge is 0.480 e. The Morgan fingerprint density at radius 2 is 1.92 bits per heavy atom. The highest BCUT2D eigenvalue weighted by molar-refractivity contribution is 5.69. The molecule has 128 valence electrons. The van der Waals surface area contributed by atoms with Gasteiger partial charge in [0.25, 0.3) is 5.56 Å². The SMILES string of the molecule is COCCn1c(=O)c(-c2cccc(C)c2C)cn(CC(=O)O)c1=O. The van der Waals surface area contributed by atoms with Crippen molar-refractivity contribution in [2.45, 2.75) is 26.9 Å². The number of hydrogen-bond donors (Lipinski definition) is 1. The number of hydrogen-bond acceptors (Lipinski definition) is 4. The third kappa shape index (κ3) is 3.46. The molecule has 0 amide bonds. The van der Waals surface area contributed by atoms with E-state index in [1.54, 1.807) is 6.07 Å². The molecule has 0 fully saturated rings. The second-order valence-electron chi connectivity index (χ2n) is 5.54. The monoisotopic (exact) mass is 332 g/mol. The maximum Gasteiger partial charge on any atom is 0.331 e. The maximum atomic E-state index is 12.7. The number of aryl methyl sites for hydroxylation is 1. The minimum Gasteiger partial charge on any atom is -0.480 e. The summed E-state index contributed by atoms with van der Waals surface area (Å²) in [5.74, 6) is -1.15. The van der Waals surface area contributed by atoms with Gasteiger partial charge in [0.05, 0.1) is 18.7 Å². The van der Waals surface area contributed by atoms with Crippen LogP contribution in [0, 0.1) is 13.8 Å². The molecule has 0 radical (unpaired) electrons. The van der Waals surface area contributed by atoms with E-state index in [4.69, 9.17) is 9.84 Å². The van der Waals surface area contributed by atoms with Crippen LogP contribution in [0.25, 0.3) is 11.1 Å². The van der Waals surface area contributed by atoms with Crippen molar-refractivity contribution in [3.63, 3.8) is 0 Å². The quantitative estimate of drug-likeness (QED) is 0.853. The number of methoxy groups -OCH3 is 1. The topological polar surface area (TPSA) is 90.5 Å². The van der Waals surface area contributed by atoms with Gasteiger partial charge in [0, 0.05) is 13.3 Å². The summed E-state index contributed by atoms with van der Waals surface area (Å²) in [6.07, 6.45) is 1.32. The van der Waals surface area contributed by atoms with Gasteiger partial charge in [0.2, 0.25) is 0 Å². The van der Waals surface area contributed by atoms with Crippen molar-refractivity contribution in [3.05, 3.63) is 56.4 Å². The Labute approximate surface area is 138 Å². The van der Waals surface area contributed by atoms with Gasteiger partial charge in [-0.05, 0) is 30.5 Å². The molecule has 1 N–H and O–H groups in total. The van der Waals surface area contributed by atoms with Gasteiger partial charge in [0.1, 0.15) is 6.54 Å². The predicted octanol–water partition coefficient (Wildman–Crippen LogP) is 1.02. The van der Waals surface area contributed by atoms with Gasteiger partial charge in [-0.25, -0.2) is 4.79 Å². The highest BCUT2D eigenvalue weighted by atomic mass is 16.5. The first-order chi connectivity index (χ1) is 11.4. The van der Waals surface area contributed by atoms with E-state index in [1.165, 1.54) is 13.3 Å². The lowest BCUT2D eigenvalue weighted by Gasteiger charge is -2.14. The van der Waals surface area contributed by atoms with Gasteiger partial charge in [-0.1, -0.05) is 18.2 Å². The van der Waals surface area contributed by atoms with Gasteiger partial charge in [-0.3, -0.25) is 18.7 Å². The van der Waals surface area contributed by atoms with E-state index in [2.05, 4.69) is 0 Å². The van der Waals surface area contributed by atoms with Gasteiger partial charge >= 0.3 is 11.7 Å². The third-order valence-corrected chi connectivity index (χ3v) is 3.96. The van der Waals surface area contributed by atoms with E-state index in [9.17, 15) is 14.4 Å². The normalized spacial score (nSPS) is 10.8. The van der Waals surface area contributed by atoms with Crippen molar-refractivity contribution in [2.75, 3.05) is 13.7 Å². The fourth-order valence-corrected chi connectivity index (χ4v) is 2.52. The Balaban J connectivity index is 2.75. The van der Waals surface area contributed by atoms with Crippen LogP contribution < -0.4 is 11.2 Å². The van der Waals surface area contributed by atoms with E-state index in [0.717, 1.165) is 20.3 Å². The summed E-state index contributed by atoms with van der Waals surface area (Å²) in [5.41, 5.74) is 1.79. The lowest BCUT2D eigenvalue weighted by molar-refractivity contribution is -0.137. The summed E-state index contributed by atoms with van der Waals surface area (Å²) in [4.78, 5) is 36.1. The molecule has 1 aromatic heterocycles. The predicted molar refractivity (Wildman–Crippen MR) is 89.4 cm³/mol. The van der Waals surface area contributed by atoms with Crippen LogP contribution in [0.5, 0.6) is 0 Å². The van der Waals surface area contributed by atoms with Crippen LogP contribution in [0.1, 0.15) is 11.1 Å². The molecular formula is C17H20N2O5. The average Bonchev–Trinajstić information content (AvgIpc) is 2.53. The van der Waals surface area contributed by atoms with Crippen molar-refractivity contribution in [1.82, 2.24) is 9.13 Å². The van der Waals surface area contributed by atoms with Gasteiger partial charge in [-0.2, -0.15) is 0 Å². The molecule has 0 bridgehead atoms. The van der Waals surface area contributed by atoms with Crippen LogP contribution in [-0.2, 0) is 22.6 Å². The van der Waals surface area contributed by atoms with E-state index < -0.39 is 23.8 Å². The summed E-state index contributed by atoms with van der Waals surface area (Å²) >= 11 is 0. The molecule has 7 nitrogen and oxygen atoms in total. The van der Waals surface area contributed by atoms with E-state index in [1.807, 2.05) is 26.0 Å². The number of aromatic nitrogens is 2. The van der Waals surface area contributed by atoms with Crippen molar-refractivity contribution in [2.24, 2.45) is 0 Å². The number of aliphatic carboxylic acids is 1. The molecule has 7 heteroatoms. The second-order valence-corrected chi connectivity index (χ2v) is 5.54. The number of benzene rings is 1. The Morgan fingerprint density at radius 1 is 1.21 bits per heavy atom. The number of nitrogens with zero attached hydrogens (tertiary/aromatic N) is 2. The third-order valence-electron chi connectivity index (χ3n) is 3.96. The van der Waals surface area contributed by atoms with Crippen LogP contribution in [0.4, 0.5) is 0 Å². The van der Waals surface area contributed by atoms with Crippen LogP contribution in [0.15, 0.2) is 34.0 Å². The van der Waals surface area contributed by atoms with Crippen molar-refractivity contribution < 1.29 is 14.6 Å². The summed E-state index contributed by atoms with van der Waals surface area (Å²) < 4.78 is 7.00. The standard InChI is InChI=1S/C17H20N2O5/c1-11-5-4-6-13(12(11)2)14-9-18(10-15(20)21)17(23)19(16(14)22)7-8-24-3/h4-6,9H,7-8,10H2,1-3H3,(H,20,21). The molecule has 2 aromatic rings. The van der Waals surface area contributed by atoms with Gasteiger partial charge < -0.3 is 9.84 Å². The van der Waals surface area contributed by atoms with E-state index in [0.29, 0.717) is 11.1 Å². The van der Waals surface area contributed by atoms with Gasteiger partial charge in [0.15, 0.2) is 0 Å². The van der Waals surface area contributed by atoms with Crippen molar-refractivity contribution >= 4 is 5.97 Å². The molecule has 0 saturated heterocycles. The summed E-state index contributed by atoms with van der Waals surface area (Å²) in [7, 11) is 1.47. The highest BCUT2D eigenvalue weighted by Gasteiger charge is 2.16. The summed E-state index contributed by atoms with van der Waals surface area (Å²) in [6.45, 7) is 3.54. The zero-order valence-corrected chi connectivity index (χ0v) is 13.9. The molecule has 0 atom stereocenters. The Kier molecular flexibility index (Phi) is 5.35. The van der Waals surface area contributed by atoms with Gasteiger partial charge in [-0.15, -0.1) is 0 Å². The number of rotatable bonds is 6. The summed E-state index contributed by atoms with van der Waals surface area (Å²) in [6, 6.07) is 5.54. The fourth-order valence-electron chi connectivity index (χ4n) is 2.52. The second kappa shape index (κ2) is 7.27. The molecule has 0 aliphatic heterocycles. The molecular weight excluding hydrogens is 312 g/mol. The number of ether oxygens (including phenoxy) is 1. The Morgan fingerprint density at radius 3 is 2.54 bits per heavy atom. The molecule has 24 heavy (non-hydrogen) atoms. The minimum absolute atomic E-state index is 0.0620. The molecule has 0 saturated carbocycles. The number of carboxylic acids is 1. The number of carbonyl (C=O) groups is 1. The lowest BCUT2D eigenvalue weighted by atomic mass is 9.99. The average molecular weight is 332 g/mol. The number of carboxylic acid groups (broad SMARTS) is 1. The molecule has 0 spiro atoms. The zero-order chi connectivity index (χ0) is 17.9. The molecule has 2 rings (SSSR count). The first-order valence-corrected chi connectivity index (χ1v) is 7.48. The first kappa shape index (κ1) is 17.7. The van der Waals surface area contributed by atoms with Crippen LogP contribution in [0.3, 0.4) is 0 Å². The molecule has 0 aliphatic carbocycles. The maximum absolute atomic E-state index is 12.7. The first-order valence-electron chi connectivity index (χ1n) is 7.48. The summed E-state index contributed by atoms with van der Waals surface area (Å²) in [5, 5.41) is 9.02. The minimum atomic E-state index is -1.15. The van der Waals surface area contributed by atoms with E-state index in [-0.39, 0.29) is 13.2 Å². The highest BCUT2D eigenvalue weighted by Crippen LogP contribution is 2.22.